The Bertz CT molecular complexity index is 1220. The standard InChI is InChI=1S/C24H25N3O5/c1-26(2)12-5-13-27-21(15-8-10-16(11-9-15)31-14-19(25)28)20-22(29)17-6-3-4-7-18(17)32-23(20)24(27)30/h3-4,6-11,21H,5,12-14H2,1-2H3,(H2,25,28)/t21-/m1/s1. The Balaban J connectivity index is 1.76. The van der Waals surface area contributed by atoms with Crippen molar-refractivity contribution < 1.29 is 18.7 Å². The first-order chi connectivity index (χ1) is 15.4. The molecule has 4 rings (SSSR count). The topological polar surface area (TPSA) is 106 Å². The summed E-state index contributed by atoms with van der Waals surface area (Å²) in [6.07, 6.45) is 0.747. The van der Waals surface area contributed by atoms with Crippen LogP contribution in [0.1, 0.15) is 34.1 Å². The third kappa shape index (κ3) is 4.09. The van der Waals surface area contributed by atoms with E-state index >= 15 is 0 Å². The molecule has 0 fully saturated rings. The van der Waals surface area contributed by atoms with Crippen LogP contribution in [0.5, 0.6) is 5.75 Å². The molecule has 8 nitrogen and oxygen atoms in total. The fraction of sp³-hybridized carbons (Fsp3) is 0.292. The number of carbonyl (C=O) groups excluding carboxylic acids is 2. The Hall–Kier alpha value is -3.65. The van der Waals surface area contributed by atoms with Crippen LogP contribution < -0.4 is 15.9 Å². The summed E-state index contributed by atoms with van der Waals surface area (Å²) in [5, 5.41) is 0.445. The molecule has 0 saturated carbocycles. The Labute approximate surface area is 185 Å². The third-order valence-corrected chi connectivity index (χ3v) is 5.45. The van der Waals surface area contributed by atoms with Crippen molar-refractivity contribution in [3.63, 3.8) is 0 Å². The minimum atomic E-state index is -0.569. The summed E-state index contributed by atoms with van der Waals surface area (Å²) >= 11 is 0. The van der Waals surface area contributed by atoms with Gasteiger partial charge in [0.15, 0.2) is 12.0 Å². The molecular weight excluding hydrogens is 410 g/mol. The van der Waals surface area contributed by atoms with E-state index in [1.807, 2.05) is 19.0 Å². The summed E-state index contributed by atoms with van der Waals surface area (Å²) < 4.78 is 11.3. The lowest BCUT2D eigenvalue weighted by Crippen LogP contribution is -2.32. The van der Waals surface area contributed by atoms with Crippen LogP contribution >= 0.6 is 0 Å². The Kier molecular flexibility index (Phi) is 5.96. The Morgan fingerprint density at radius 1 is 1.12 bits per heavy atom. The van der Waals surface area contributed by atoms with Crippen molar-refractivity contribution in [2.45, 2.75) is 12.5 Å². The number of benzene rings is 2. The number of rotatable bonds is 8. The first kappa shape index (κ1) is 21.6. The minimum absolute atomic E-state index is 0.0950. The largest absolute Gasteiger partial charge is 0.484 e. The molecule has 1 aliphatic rings. The lowest BCUT2D eigenvalue weighted by molar-refractivity contribution is -0.119. The van der Waals surface area contributed by atoms with Gasteiger partial charge in [-0.3, -0.25) is 14.4 Å². The molecule has 0 spiro atoms. The van der Waals surface area contributed by atoms with E-state index in [-0.39, 0.29) is 23.7 Å². The van der Waals surface area contributed by atoms with Gasteiger partial charge in [0.25, 0.3) is 11.8 Å². The molecule has 2 aromatic carbocycles. The maximum Gasteiger partial charge on any atom is 0.290 e. The van der Waals surface area contributed by atoms with Crippen molar-refractivity contribution in [1.29, 1.82) is 0 Å². The number of ether oxygens (including phenoxy) is 1. The lowest BCUT2D eigenvalue weighted by Gasteiger charge is -2.26. The van der Waals surface area contributed by atoms with Crippen LogP contribution in [0, 0.1) is 0 Å². The highest BCUT2D eigenvalue weighted by Crippen LogP contribution is 2.38. The van der Waals surface area contributed by atoms with Crippen molar-refractivity contribution >= 4 is 22.8 Å². The van der Waals surface area contributed by atoms with Crippen molar-refractivity contribution in [2.75, 3.05) is 33.8 Å². The number of carbonyl (C=O) groups is 2. The summed E-state index contributed by atoms with van der Waals surface area (Å²) in [4.78, 5) is 41.4. The van der Waals surface area contributed by atoms with Gasteiger partial charge < -0.3 is 24.7 Å². The van der Waals surface area contributed by atoms with E-state index in [1.54, 1.807) is 53.4 Å². The molecule has 0 radical (unpaired) electrons. The second-order valence-electron chi connectivity index (χ2n) is 8.05. The molecule has 2 amide bonds. The second-order valence-corrected chi connectivity index (χ2v) is 8.05. The third-order valence-electron chi connectivity index (χ3n) is 5.45. The SMILES string of the molecule is CN(C)CCCN1C(=O)c2oc3ccccc3c(=O)c2[C@H]1c1ccc(OCC(N)=O)cc1. The van der Waals surface area contributed by atoms with Gasteiger partial charge in [-0.15, -0.1) is 0 Å². The van der Waals surface area contributed by atoms with Gasteiger partial charge in [0.2, 0.25) is 5.76 Å². The zero-order valence-corrected chi connectivity index (χ0v) is 18.0. The molecule has 2 N–H and O–H groups in total. The van der Waals surface area contributed by atoms with Crippen LogP contribution in [0.2, 0.25) is 0 Å². The van der Waals surface area contributed by atoms with Gasteiger partial charge in [0.05, 0.1) is 17.0 Å². The molecular formula is C24H25N3O5. The molecule has 3 aromatic rings. The molecule has 0 unspecified atom stereocenters. The van der Waals surface area contributed by atoms with Gasteiger partial charge >= 0.3 is 0 Å². The summed E-state index contributed by atoms with van der Waals surface area (Å²) in [7, 11) is 3.95. The lowest BCUT2D eigenvalue weighted by atomic mass is 9.98. The fourth-order valence-corrected chi connectivity index (χ4v) is 4.00. The minimum Gasteiger partial charge on any atom is -0.484 e. The summed E-state index contributed by atoms with van der Waals surface area (Å²) in [5.74, 6) is -0.291. The zero-order chi connectivity index (χ0) is 22.8. The van der Waals surface area contributed by atoms with Crippen molar-refractivity contribution in [3.05, 3.63) is 75.6 Å². The number of para-hydroxylation sites is 1. The first-order valence-corrected chi connectivity index (χ1v) is 10.4. The van der Waals surface area contributed by atoms with Crippen LogP contribution in [0.25, 0.3) is 11.0 Å². The van der Waals surface area contributed by atoms with Crippen molar-refractivity contribution in [1.82, 2.24) is 9.80 Å². The predicted octanol–water partition coefficient (Wildman–Crippen LogP) is 2.15. The molecule has 1 aliphatic heterocycles. The van der Waals surface area contributed by atoms with E-state index in [0.29, 0.717) is 28.8 Å². The highest BCUT2D eigenvalue weighted by molar-refractivity contribution is 5.99. The summed E-state index contributed by atoms with van der Waals surface area (Å²) in [6.45, 7) is 1.05. The molecule has 0 aliphatic carbocycles. The summed E-state index contributed by atoms with van der Waals surface area (Å²) in [6, 6.07) is 13.4. The second kappa shape index (κ2) is 8.84. The van der Waals surface area contributed by atoms with Crippen LogP contribution in [-0.4, -0.2) is 55.4 Å². The van der Waals surface area contributed by atoms with Gasteiger partial charge in [-0.25, -0.2) is 0 Å². The molecule has 166 valence electrons. The number of fused-ring (bicyclic) bond motifs is 2. The molecule has 1 aromatic heterocycles. The van der Waals surface area contributed by atoms with Gasteiger partial charge in [-0.2, -0.15) is 0 Å². The van der Waals surface area contributed by atoms with Gasteiger partial charge in [0, 0.05) is 6.54 Å². The molecule has 8 heteroatoms. The van der Waals surface area contributed by atoms with Gasteiger partial charge in [-0.1, -0.05) is 24.3 Å². The maximum atomic E-state index is 13.4. The van der Waals surface area contributed by atoms with E-state index in [4.69, 9.17) is 14.9 Å². The van der Waals surface area contributed by atoms with Crippen LogP contribution in [0.4, 0.5) is 0 Å². The molecule has 32 heavy (non-hydrogen) atoms. The van der Waals surface area contributed by atoms with E-state index in [2.05, 4.69) is 0 Å². The Morgan fingerprint density at radius 3 is 2.53 bits per heavy atom. The number of nitrogens with zero attached hydrogens (tertiary/aromatic N) is 2. The number of amides is 2. The van der Waals surface area contributed by atoms with Crippen molar-refractivity contribution in [2.24, 2.45) is 5.73 Å². The average Bonchev–Trinajstić information content (AvgIpc) is 3.05. The molecule has 2 heterocycles. The average molecular weight is 435 g/mol. The number of primary amides is 1. The van der Waals surface area contributed by atoms with Gasteiger partial charge in [0.1, 0.15) is 11.3 Å². The number of hydrogen-bond donors (Lipinski definition) is 1. The molecule has 0 saturated heterocycles. The van der Waals surface area contributed by atoms with Crippen LogP contribution in [0.15, 0.2) is 57.7 Å². The quantitative estimate of drug-likeness (QED) is 0.581. The smallest absolute Gasteiger partial charge is 0.290 e. The van der Waals surface area contributed by atoms with Gasteiger partial charge in [-0.05, 0) is 56.9 Å². The fourth-order valence-electron chi connectivity index (χ4n) is 4.00. The van der Waals surface area contributed by atoms with Crippen molar-refractivity contribution in [3.8, 4) is 5.75 Å². The number of nitrogens with two attached hydrogens (primary N) is 1. The predicted molar refractivity (Wildman–Crippen MR) is 120 cm³/mol. The summed E-state index contributed by atoms with van der Waals surface area (Å²) in [5.41, 5.74) is 6.43. The highest BCUT2D eigenvalue weighted by Gasteiger charge is 2.42. The zero-order valence-electron chi connectivity index (χ0n) is 18.0. The van der Waals surface area contributed by atoms with E-state index in [1.165, 1.54) is 0 Å². The van der Waals surface area contributed by atoms with E-state index in [0.717, 1.165) is 18.5 Å². The molecule has 1 atom stereocenters. The van der Waals surface area contributed by atoms with Crippen LogP contribution in [-0.2, 0) is 4.79 Å². The Morgan fingerprint density at radius 2 is 1.84 bits per heavy atom. The van der Waals surface area contributed by atoms with Crippen LogP contribution in [0.3, 0.4) is 0 Å². The normalized spacial score (nSPS) is 15.4. The van der Waals surface area contributed by atoms with E-state index < -0.39 is 11.9 Å². The highest BCUT2D eigenvalue weighted by atomic mass is 16.5. The van der Waals surface area contributed by atoms with E-state index in [9.17, 15) is 14.4 Å². The monoisotopic (exact) mass is 435 g/mol. The molecule has 0 bridgehead atoms. The maximum absolute atomic E-state index is 13.4. The number of hydrogen-bond acceptors (Lipinski definition) is 6. The first-order valence-electron chi connectivity index (χ1n) is 10.4.